The van der Waals surface area contributed by atoms with Gasteiger partial charge in [-0.1, -0.05) is 12.8 Å². The Morgan fingerprint density at radius 3 is 2.17 bits per heavy atom. The molecule has 0 aromatic heterocycles. The Kier molecular flexibility index (Phi) is 3.37. The topological polar surface area (TPSA) is 49.4 Å². The van der Waals surface area contributed by atoms with E-state index in [1.807, 2.05) is 0 Å². The van der Waals surface area contributed by atoms with Gasteiger partial charge in [-0.2, -0.15) is 0 Å². The van der Waals surface area contributed by atoms with Crippen molar-refractivity contribution in [2.45, 2.75) is 51.0 Å². The van der Waals surface area contributed by atoms with Crippen LogP contribution in [0.2, 0.25) is 0 Å². The number of nitrogens with zero attached hydrogens (tertiary/aromatic N) is 1. The SMILES string of the molecule is O=C1C2CCCCC2C(=O)N1C1CCCNCC1. The van der Waals surface area contributed by atoms with Gasteiger partial charge in [-0.05, 0) is 45.2 Å². The number of imide groups is 1. The van der Waals surface area contributed by atoms with Gasteiger partial charge < -0.3 is 5.32 Å². The van der Waals surface area contributed by atoms with E-state index in [-0.39, 0.29) is 29.7 Å². The van der Waals surface area contributed by atoms with Gasteiger partial charge in [0, 0.05) is 6.04 Å². The van der Waals surface area contributed by atoms with Gasteiger partial charge in [-0.25, -0.2) is 0 Å². The first-order valence-electron chi connectivity index (χ1n) is 7.36. The molecule has 0 aromatic carbocycles. The molecule has 2 heterocycles. The van der Waals surface area contributed by atoms with E-state index in [9.17, 15) is 9.59 Å². The zero-order valence-electron chi connectivity index (χ0n) is 10.9. The van der Waals surface area contributed by atoms with Crippen molar-refractivity contribution in [1.29, 1.82) is 0 Å². The van der Waals surface area contributed by atoms with Crippen LogP contribution in [0.15, 0.2) is 0 Å². The Labute approximate surface area is 108 Å². The van der Waals surface area contributed by atoms with E-state index in [1.165, 1.54) is 0 Å². The molecule has 0 aromatic rings. The summed E-state index contributed by atoms with van der Waals surface area (Å²) in [6.45, 7) is 1.94. The van der Waals surface area contributed by atoms with Crippen LogP contribution in [0.25, 0.3) is 0 Å². The fourth-order valence-electron chi connectivity index (χ4n) is 3.81. The van der Waals surface area contributed by atoms with Crippen LogP contribution in [-0.2, 0) is 9.59 Å². The monoisotopic (exact) mass is 250 g/mol. The molecule has 3 rings (SSSR count). The maximum absolute atomic E-state index is 12.4. The number of nitrogens with one attached hydrogen (secondary N) is 1. The fraction of sp³-hybridized carbons (Fsp3) is 0.857. The molecule has 18 heavy (non-hydrogen) atoms. The summed E-state index contributed by atoms with van der Waals surface area (Å²) in [5, 5.41) is 3.34. The average Bonchev–Trinajstić information content (AvgIpc) is 2.61. The second-order valence-corrected chi connectivity index (χ2v) is 5.88. The van der Waals surface area contributed by atoms with E-state index in [1.54, 1.807) is 4.90 Å². The number of fused-ring (bicyclic) bond motifs is 1. The van der Waals surface area contributed by atoms with Gasteiger partial charge in [0.2, 0.25) is 11.8 Å². The summed E-state index contributed by atoms with van der Waals surface area (Å²) >= 11 is 0. The van der Waals surface area contributed by atoms with Crippen LogP contribution >= 0.6 is 0 Å². The summed E-state index contributed by atoms with van der Waals surface area (Å²) < 4.78 is 0. The number of hydrogen-bond acceptors (Lipinski definition) is 3. The highest BCUT2D eigenvalue weighted by Crippen LogP contribution is 2.39. The minimum absolute atomic E-state index is 0.0162. The molecular formula is C14H22N2O2. The lowest BCUT2D eigenvalue weighted by atomic mass is 9.81. The summed E-state index contributed by atoms with van der Waals surface area (Å²) in [4.78, 5) is 26.5. The highest BCUT2D eigenvalue weighted by atomic mass is 16.2. The molecule has 3 aliphatic rings. The lowest BCUT2D eigenvalue weighted by Crippen LogP contribution is -2.41. The van der Waals surface area contributed by atoms with Crippen molar-refractivity contribution < 1.29 is 9.59 Å². The summed E-state index contributed by atoms with van der Waals surface area (Å²) in [5.74, 6) is 0.304. The molecule has 0 radical (unpaired) electrons. The quantitative estimate of drug-likeness (QED) is 0.714. The second-order valence-electron chi connectivity index (χ2n) is 5.88. The molecule has 3 unspecified atom stereocenters. The van der Waals surface area contributed by atoms with E-state index >= 15 is 0 Å². The van der Waals surface area contributed by atoms with Gasteiger partial charge in [-0.15, -0.1) is 0 Å². The van der Waals surface area contributed by atoms with Crippen LogP contribution in [0.1, 0.15) is 44.9 Å². The van der Waals surface area contributed by atoms with Crippen LogP contribution < -0.4 is 5.32 Å². The third-order valence-corrected chi connectivity index (χ3v) is 4.79. The number of likely N-dealkylation sites (tertiary alicyclic amines) is 1. The normalized spacial score (nSPS) is 37.6. The molecule has 1 N–H and O–H groups in total. The van der Waals surface area contributed by atoms with Crippen LogP contribution in [0, 0.1) is 11.8 Å². The van der Waals surface area contributed by atoms with Crippen LogP contribution in [0.3, 0.4) is 0 Å². The Hall–Kier alpha value is -0.900. The number of carbonyl (C=O) groups is 2. The first-order valence-corrected chi connectivity index (χ1v) is 7.36. The van der Waals surface area contributed by atoms with Gasteiger partial charge in [0.15, 0.2) is 0 Å². The van der Waals surface area contributed by atoms with Crippen molar-refractivity contribution in [2.75, 3.05) is 13.1 Å². The first kappa shape index (κ1) is 12.2. The second kappa shape index (κ2) is 5.00. The van der Waals surface area contributed by atoms with Gasteiger partial charge in [0.1, 0.15) is 0 Å². The van der Waals surface area contributed by atoms with Crippen LogP contribution in [-0.4, -0.2) is 35.8 Å². The zero-order valence-corrected chi connectivity index (χ0v) is 10.9. The van der Waals surface area contributed by atoms with Crippen molar-refractivity contribution in [3.8, 4) is 0 Å². The van der Waals surface area contributed by atoms with E-state index in [4.69, 9.17) is 0 Å². The van der Waals surface area contributed by atoms with Gasteiger partial charge in [-0.3, -0.25) is 14.5 Å². The molecule has 100 valence electrons. The molecule has 4 nitrogen and oxygen atoms in total. The highest BCUT2D eigenvalue weighted by molar-refractivity contribution is 6.05. The molecule has 1 aliphatic carbocycles. The molecule has 3 atom stereocenters. The Bertz CT molecular complexity index is 324. The maximum Gasteiger partial charge on any atom is 0.233 e. The summed E-state index contributed by atoms with van der Waals surface area (Å²) in [7, 11) is 0. The predicted molar refractivity (Wildman–Crippen MR) is 67.8 cm³/mol. The van der Waals surface area contributed by atoms with Gasteiger partial charge in [0.25, 0.3) is 0 Å². The number of carbonyl (C=O) groups excluding carboxylic acids is 2. The minimum Gasteiger partial charge on any atom is -0.317 e. The standard InChI is InChI=1S/C14H22N2O2/c17-13-11-5-1-2-6-12(11)14(18)16(13)10-4-3-8-15-9-7-10/h10-12,15H,1-9H2. The van der Waals surface area contributed by atoms with Crippen molar-refractivity contribution in [3.05, 3.63) is 0 Å². The fourth-order valence-corrected chi connectivity index (χ4v) is 3.81. The van der Waals surface area contributed by atoms with E-state index in [0.29, 0.717) is 0 Å². The van der Waals surface area contributed by atoms with Crippen molar-refractivity contribution >= 4 is 11.8 Å². The zero-order chi connectivity index (χ0) is 12.5. The molecule has 4 heteroatoms. The van der Waals surface area contributed by atoms with Crippen molar-refractivity contribution in [1.82, 2.24) is 10.2 Å². The van der Waals surface area contributed by atoms with Crippen molar-refractivity contribution in [2.24, 2.45) is 11.8 Å². The number of hydrogen-bond donors (Lipinski definition) is 1. The molecule has 2 aliphatic heterocycles. The molecule has 0 spiro atoms. The molecule has 3 fully saturated rings. The Morgan fingerprint density at radius 2 is 1.50 bits per heavy atom. The summed E-state index contributed by atoms with van der Waals surface area (Å²) in [6, 6.07) is 0.158. The summed E-state index contributed by atoms with van der Waals surface area (Å²) in [5.41, 5.74) is 0. The molecule has 0 bridgehead atoms. The average molecular weight is 250 g/mol. The highest BCUT2D eigenvalue weighted by Gasteiger charge is 2.50. The van der Waals surface area contributed by atoms with E-state index < -0.39 is 0 Å². The largest absolute Gasteiger partial charge is 0.317 e. The smallest absolute Gasteiger partial charge is 0.233 e. The van der Waals surface area contributed by atoms with Gasteiger partial charge in [0.05, 0.1) is 11.8 Å². The molecular weight excluding hydrogens is 228 g/mol. The molecule has 1 saturated carbocycles. The Balaban J connectivity index is 1.78. The van der Waals surface area contributed by atoms with Crippen molar-refractivity contribution in [3.63, 3.8) is 0 Å². The maximum atomic E-state index is 12.4. The minimum atomic E-state index is 0.0162. The lowest BCUT2D eigenvalue weighted by Gasteiger charge is -2.25. The van der Waals surface area contributed by atoms with Crippen LogP contribution in [0.4, 0.5) is 0 Å². The molecule has 2 saturated heterocycles. The third kappa shape index (κ3) is 1.96. The van der Waals surface area contributed by atoms with Crippen LogP contribution in [0.5, 0.6) is 0 Å². The third-order valence-electron chi connectivity index (χ3n) is 4.79. The predicted octanol–water partition coefficient (Wildman–Crippen LogP) is 1.30. The Morgan fingerprint density at radius 1 is 0.833 bits per heavy atom. The van der Waals surface area contributed by atoms with Gasteiger partial charge >= 0.3 is 0 Å². The molecule has 2 amide bonds. The number of amides is 2. The first-order chi connectivity index (χ1) is 8.79. The van der Waals surface area contributed by atoms with E-state index in [0.717, 1.165) is 58.0 Å². The summed E-state index contributed by atoms with van der Waals surface area (Å²) in [6.07, 6.45) is 7.05. The van der Waals surface area contributed by atoms with E-state index in [2.05, 4.69) is 5.32 Å². The lowest BCUT2D eigenvalue weighted by molar-refractivity contribution is -0.142. The number of rotatable bonds is 1.